The lowest BCUT2D eigenvalue weighted by Gasteiger charge is -2.34. The Balaban J connectivity index is 2.27. The van der Waals surface area contributed by atoms with E-state index < -0.39 is 11.1 Å². The van der Waals surface area contributed by atoms with Crippen LogP contribution < -0.4 is 11.1 Å². The molecule has 3 amide bonds. The number of carbonyl (C=O) groups excluding carboxylic acids is 2. The number of rotatable bonds is 2. The molecule has 0 aromatic heterocycles. The quantitative estimate of drug-likeness (QED) is 0.705. The standard InChI is InChI=1S/C12H21N3O2/c1-11(2,8-13)15-9(16)12(14-10(15)17)6-4-3-5-7-12/h3-8,13H2,1-2H3,(H,14,17). The number of carbonyl (C=O) groups is 2. The molecule has 2 aliphatic rings. The van der Waals surface area contributed by atoms with Crippen LogP contribution in [-0.2, 0) is 4.79 Å². The van der Waals surface area contributed by atoms with Gasteiger partial charge >= 0.3 is 6.03 Å². The van der Waals surface area contributed by atoms with E-state index in [0.717, 1.165) is 32.1 Å². The highest BCUT2D eigenvalue weighted by molar-refractivity contribution is 6.07. The summed E-state index contributed by atoms with van der Waals surface area (Å²) in [5.74, 6) is -0.0855. The second-order valence-electron chi connectivity index (χ2n) is 5.73. The maximum absolute atomic E-state index is 12.5. The van der Waals surface area contributed by atoms with Crippen LogP contribution in [0.5, 0.6) is 0 Å². The molecule has 0 unspecified atom stereocenters. The summed E-state index contributed by atoms with van der Waals surface area (Å²) in [5, 5.41) is 2.89. The molecule has 3 N–H and O–H groups in total. The summed E-state index contributed by atoms with van der Waals surface area (Å²) in [6, 6.07) is -0.285. The average molecular weight is 239 g/mol. The normalized spacial score (nSPS) is 24.3. The van der Waals surface area contributed by atoms with E-state index in [0.29, 0.717) is 0 Å². The van der Waals surface area contributed by atoms with Crippen LogP contribution in [0.1, 0.15) is 46.0 Å². The van der Waals surface area contributed by atoms with Crippen LogP contribution in [0.15, 0.2) is 0 Å². The fourth-order valence-electron chi connectivity index (χ4n) is 2.76. The van der Waals surface area contributed by atoms with Crippen LogP contribution in [0.3, 0.4) is 0 Å². The van der Waals surface area contributed by atoms with E-state index in [1.165, 1.54) is 4.90 Å². The molecule has 5 nitrogen and oxygen atoms in total. The topological polar surface area (TPSA) is 75.4 Å². The van der Waals surface area contributed by atoms with Gasteiger partial charge < -0.3 is 11.1 Å². The van der Waals surface area contributed by atoms with Crippen molar-refractivity contribution >= 4 is 11.9 Å². The predicted molar refractivity (Wildman–Crippen MR) is 64.3 cm³/mol. The molecule has 1 spiro atoms. The SMILES string of the molecule is CC(C)(CN)N1C(=O)NC2(CCCCC2)C1=O. The highest BCUT2D eigenvalue weighted by Crippen LogP contribution is 2.36. The van der Waals surface area contributed by atoms with Crippen LogP contribution in [0.2, 0.25) is 0 Å². The monoisotopic (exact) mass is 239 g/mol. The first kappa shape index (κ1) is 12.4. The smallest absolute Gasteiger partial charge is 0.325 e. The van der Waals surface area contributed by atoms with Gasteiger partial charge in [0.15, 0.2) is 0 Å². The summed E-state index contributed by atoms with van der Waals surface area (Å²) >= 11 is 0. The summed E-state index contributed by atoms with van der Waals surface area (Å²) in [5.41, 5.74) is 4.41. The van der Waals surface area contributed by atoms with Crippen LogP contribution in [0.25, 0.3) is 0 Å². The zero-order valence-corrected chi connectivity index (χ0v) is 10.6. The first-order valence-electron chi connectivity index (χ1n) is 6.30. The molecule has 0 aromatic rings. The highest BCUT2D eigenvalue weighted by atomic mass is 16.2. The summed E-state index contributed by atoms with van der Waals surface area (Å²) in [7, 11) is 0. The van der Waals surface area contributed by atoms with Gasteiger partial charge in [0, 0.05) is 6.54 Å². The van der Waals surface area contributed by atoms with Crippen molar-refractivity contribution in [1.29, 1.82) is 0 Å². The van der Waals surface area contributed by atoms with E-state index >= 15 is 0 Å². The van der Waals surface area contributed by atoms with E-state index in [-0.39, 0.29) is 18.5 Å². The Morgan fingerprint density at radius 2 is 1.88 bits per heavy atom. The predicted octanol–water partition coefficient (Wildman–Crippen LogP) is 0.978. The third-order valence-electron chi connectivity index (χ3n) is 3.97. The van der Waals surface area contributed by atoms with Crippen molar-refractivity contribution in [1.82, 2.24) is 10.2 Å². The minimum absolute atomic E-state index is 0.0855. The first-order chi connectivity index (χ1) is 7.93. The maximum Gasteiger partial charge on any atom is 0.325 e. The Morgan fingerprint density at radius 3 is 2.41 bits per heavy atom. The average Bonchev–Trinajstić information content (AvgIpc) is 2.52. The molecule has 1 heterocycles. The van der Waals surface area contributed by atoms with Crippen molar-refractivity contribution in [2.45, 2.75) is 57.0 Å². The lowest BCUT2D eigenvalue weighted by atomic mass is 9.81. The molecule has 17 heavy (non-hydrogen) atoms. The molecule has 1 aliphatic heterocycles. The van der Waals surface area contributed by atoms with Crippen molar-refractivity contribution in [3.63, 3.8) is 0 Å². The Labute approximate surface area is 102 Å². The summed E-state index contributed by atoms with van der Waals surface area (Å²) in [6.07, 6.45) is 4.67. The van der Waals surface area contributed by atoms with Gasteiger partial charge in [-0.15, -0.1) is 0 Å². The zero-order chi connectivity index (χ0) is 12.7. The first-order valence-corrected chi connectivity index (χ1v) is 6.30. The molecule has 0 bridgehead atoms. The number of hydrogen-bond acceptors (Lipinski definition) is 3. The van der Waals surface area contributed by atoms with Gasteiger partial charge in [0.25, 0.3) is 5.91 Å². The van der Waals surface area contributed by atoms with Crippen LogP contribution in [0, 0.1) is 0 Å². The largest absolute Gasteiger partial charge is 0.328 e. The Bertz CT molecular complexity index is 346. The Kier molecular flexibility index (Phi) is 2.89. The Hall–Kier alpha value is -1.10. The molecule has 1 saturated heterocycles. The van der Waals surface area contributed by atoms with Gasteiger partial charge in [-0.1, -0.05) is 19.3 Å². The fourth-order valence-corrected chi connectivity index (χ4v) is 2.76. The zero-order valence-electron chi connectivity index (χ0n) is 10.6. The minimum atomic E-state index is -0.637. The van der Waals surface area contributed by atoms with Crippen molar-refractivity contribution < 1.29 is 9.59 Å². The number of nitrogens with zero attached hydrogens (tertiary/aromatic N) is 1. The number of urea groups is 1. The van der Waals surface area contributed by atoms with Gasteiger partial charge in [0.2, 0.25) is 0 Å². The number of nitrogens with one attached hydrogen (secondary N) is 1. The van der Waals surface area contributed by atoms with Gasteiger partial charge in [-0.05, 0) is 26.7 Å². The molecular weight excluding hydrogens is 218 g/mol. The van der Waals surface area contributed by atoms with Crippen molar-refractivity contribution in [3.05, 3.63) is 0 Å². The van der Waals surface area contributed by atoms with Gasteiger partial charge in [-0.25, -0.2) is 4.79 Å². The van der Waals surface area contributed by atoms with Crippen LogP contribution >= 0.6 is 0 Å². The van der Waals surface area contributed by atoms with Gasteiger partial charge in [0.05, 0.1) is 5.54 Å². The summed E-state index contributed by atoms with van der Waals surface area (Å²) in [4.78, 5) is 25.8. The molecule has 0 atom stereocenters. The molecular formula is C12H21N3O2. The van der Waals surface area contributed by atoms with Crippen molar-refractivity contribution in [2.24, 2.45) is 5.73 Å². The molecule has 0 aromatic carbocycles. The second-order valence-corrected chi connectivity index (χ2v) is 5.73. The molecule has 0 radical (unpaired) electrons. The Morgan fingerprint density at radius 1 is 1.29 bits per heavy atom. The third-order valence-corrected chi connectivity index (χ3v) is 3.97. The number of imide groups is 1. The van der Waals surface area contributed by atoms with Crippen molar-refractivity contribution in [2.75, 3.05) is 6.54 Å². The maximum atomic E-state index is 12.5. The van der Waals surface area contributed by atoms with E-state index in [4.69, 9.17) is 5.73 Å². The minimum Gasteiger partial charge on any atom is -0.328 e. The van der Waals surface area contributed by atoms with Crippen LogP contribution in [0.4, 0.5) is 4.79 Å². The lowest BCUT2D eigenvalue weighted by molar-refractivity contribution is -0.135. The van der Waals surface area contributed by atoms with Gasteiger partial charge in [-0.3, -0.25) is 9.69 Å². The highest BCUT2D eigenvalue weighted by Gasteiger charge is 2.54. The van der Waals surface area contributed by atoms with Crippen molar-refractivity contribution in [3.8, 4) is 0 Å². The van der Waals surface area contributed by atoms with E-state index in [1.54, 1.807) is 0 Å². The number of nitrogens with two attached hydrogens (primary N) is 1. The van der Waals surface area contributed by atoms with E-state index in [2.05, 4.69) is 5.32 Å². The molecule has 2 fully saturated rings. The van der Waals surface area contributed by atoms with Gasteiger partial charge in [-0.2, -0.15) is 0 Å². The second kappa shape index (κ2) is 3.98. The lowest BCUT2D eigenvalue weighted by Crippen LogP contribution is -2.54. The summed E-state index contributed by atoms with van der Waals surface area (Å²) in [6.45, 7) is 3.93. The van der Waals surface area contributed by atoms with Crippen LogP contribution in [-0.4, -0.2) is 34.5 Å². The molecule has 1 aliphatic carbocycles. The van der Waals surface area contributed by atoms with E-state index in [9.17, 15) is 9.59 Å². The number of hydrogen-bond donors (Lipinski definition) is 2. The van der Waals surface area contributed by atoms with Gasteiger partial charge in [0.1, 0.15) is 5.54 Å². The molecule has 96 valence electrons. The summed E-state index contributed by atoms with van der Waals surface area (Å²) < 4.78 is 0. The third kappa shape index (κ3) is 1.82. The van der Waals surface area contributed by atoms with E-state index in [1.807, 2.05) is 13.8 Å². The molecule has 2 rings (SSSR count). The molecule has 5 heteroatoms. The number of amides is 3. The molecule has 1 saturated carbocycles. The fraction of sp³-hybridized carbons (Fsp3) is 0.833.